The smallest absolute Gasteiger partial charge is 0.292 e. The van der Waals surface area contributed by atoms with E-state index in [1.165, 1.54) is 0 Å². The summed E-state index contributed by atoms with van der Waals surface area (Å²) in [6.07, 6.45) is 1.64. The highest BCUT2D eigenvalue weighted by molar-refractivity contribution is 5.71. The zero-order valence-corrected chi connectivity index (χ0v) is 13.6. The Morgan fingerprint density at radius 2 is 1.65 bits per heavy atom. The van der Waals surface area contributed by atoms with Crippen LogP contribution in [0.2, 0.25) is 0 Å². The van der Waals surface area contributed by atoms with Crippen LogP contribution in [0.15, 0.2) is 59.2 Å². The van der Waals surface area contributed by atoms with E-state index >= 15 is 0 Å². The Morgan fingerprint density at radius 1 is 0.957 bits per heavy atom. The number of benzene rings is 2. The molecule has 0 atom stereocenters. The summed E-state index contributed by atoms with van der Waals surface area (Å²) >= 11 is 0. The molecule has 3 heteroatoms. The van der Waals surface area contributed by atoms with Crippen LogP contribution < -0.4 is 9.47 Å². The molecule has 0 aliphatic carbocycles. The molecule has 0 saturated carbocycles. The van der Waals surface area contributed by atoms with Crippen molar-refractivity contribution < 1.29 is 13.9 Å². The second kappa shape index (κ2) is 6.61. The minimum absolute atomic E-state index is 0.529. The minimum Gasteiger partial charge on any atom is -0.488 e. The predicted molar refractivity (Wildman–Crippen MR) is 90.9 cm³/mol. The molecule has 0 aliphatic rings. The highest BCUT2D eigenvalue weighted by atomic mass is 16.6. The maximum atomic E-state index is 6.03. The van der Waals surface area contributed by atoms with Crippen LogP contribution in [-0.4, -0.2) is 7.11 Å². The fraction of sp³-hybridized carbons (Fsp3) is 0.200. The molecule has 1 aromatic heterocycles. The first-order chi connectivity index (χ1) is 11.2. The molecule has 0 N–H and O–H groups in total. The highest BCUT2D eigenvalue weighted by Crippen LogP contribution is 2.35. The van der Waals surface area contributed by atoms with Crippen molar-refractivity contribution in [2.45, 2.75) is 20.5 Å². The largest absolute Gasteiger partial charge is 0.488 e. The molecule has 0 radical (unpaired) electrons. The normalized spacial score (nSPS) is 10.6. The monoisotopic (exact) mass is 308 g/mol. The minimum atomic E-state index is 0.529. The first kappa shape index (κ1) is 15.2. The lowest BCUT2D eigenvalue weighted by atomic mass is 10.0. The standard InChI is InChI=1S/C20H20O3/c1-14-11-17(18-9-10-22-20(18)21-3)12-15(2)19(14)23-13-16-7-5-4-6-8-16/h4-12H,13H2,1-3H3. The lowest BCUT2D eigenvalue weighted by molar-refractivity contribution is 0.302. The van der Waals surface area contributed by atoms with Gasteiger partial charge in [0.25, 0.3) is 5.95 Å². The van der Waals surface area contributed by atoms with E-state index in [0.717, 1.165) is 33.6 Å². The van der Waals surface area contributed by atoms with Crippen molar-refractivity contribution >= 4 is 0 Å². The van der Waals surface area contributed by atoms with Crippen molar-refractivity contribution in [3.05, 3.63) is 71.5 Å². The van der Waals surface area contributed by atoms with E-state index in [0.29, 0.717) is 12.6 Å². The average molecular weight is 308 g/mol. The van der Waals surface area contributed by atoms with E-state index in [4.69, 9.17) is 13.9 Å². The number of hydrogen-bond donors (Lipinski definition) is 0. The summed E-state index contributed by atoms with van der Waals surface area (Å²) < 4.78 is 16.6. The molecule has 0 amide bonds. The van der Waals surface area contributed by atoms with Crippen molar-refractivity contribution in [1.29, 1.82) is 0 Å². The topological polar surface area (TPSA) is 31.6 Å². The SMILES string of the molecule is COc1occc1-c1cc(C)c(OCc2ccccc2)c(C)c1. The van der Waals surface area contributed by atoms with Gasteiger partial charge in [-0.15, -0.1) is 0 Å². The molecule has 0 fully saturated rings. The lowest BCUT2D eigenvalue weighted by Crippen LogP contribution is -1.99. The van der Waals surface area contributed by atoms with Crippen LogP contribution >= 0.6 is 0 Å². The molecule has 0 saturated heterocycles. The summed E-state index contributed by atoms with van der Waals surface area (Å²) in [5, 5.41) is 0. The van der Waals surface area contributed by atoms with Gasteiger partial charge in [-0.05, 0) is 54.3 Å². The fourth-order valence-electron chi connectivity index (χ4n) is 2.73. The molecule has 3 rings (SSSR count). The Morgan fingerprint density at radius 3 is 2.30 bits per heavy atom. The van der Waals surface area contributed by atoms with Crippen molar-refractivity contribution in [2.24, 2.45) is 0 Å². The van der Waals surface area contributed by atoms with E-state index < -0.39 is 0 Å². The van der Waals surface area contributed by atoms with Crippen LogP contribution in [0.1, 0.15) is 16.7 Å². The van der Waals surface area contributed by atoms with Crippen LogP contribution in [0.4, 0.5) is 0 Å². The van der Waals surface area contributed by atoms with E-state index in [-0.39, 0.29) is 0 Å². The Hall–Kier alpha value is -2.68. The van der Waals surface area contributed by atoms with Gasteiger partial charge in [-0.25, -0.2) is 0 Å². The molecule has 0 spiro atoms. The molecule has 23 heavy (non-hydrogen) atoms. The third-order valence-corrected chi connectivity index (χ3v) is 3.81. The van der Waals surface area contributed by atoms with Gasteiger partial charge in [-0.2, -0.15) is 0 Å². The van der Waals surface area contributed by atoms with Crippen molar-refractivity contribution in [3.63, 3.8) is 0 Å². The maximum Gasteiger partial charge on any atom is 0.292 e. The van der Waals surface area contributed by atoms with Crippen molar-refractivity contribution in [3.8, 4) is 22.8 Å². The van der Waals surface area contributed by atoms with Crippen LogP contribution in [0, 0.1) is 13.8 Å². The quantitative estimate of drug-likeness (QED) is 0.653. The first-order valence-electron chi connectivity index (χ1n) is 7.59. The van der Waals surface area contributed by atoms with Crippen LogP contribution in [0.3, 0.4) is 0 Å². The summed E-state index contributed by atoms with van der Waals surface area (Å²) in [5.41, 5.74) is 5.37. The van der Waals surface area contributed by atoms with Gasteiger partial charge in [0, 0.05) is 0 Å². The average Bonchev–Trinajstić information content (AvgIpc) is 3.03. The second-order valence-corrected chi connectivity index (χ2v) is 5.54. The zero-order chi connectivity index (χ0) is 16.2. The van der Waals surface area contributed by atoms with Gasteiger partial charge in [0.15, 0.2) is 0 Å². The molecule has 1 heterocycles. The lowest BCUT2D eigenvalue weighted by Gasteiger charge is -2.14. The molecular weight excluding hydrogens is 288 g/mol. The Balaban J connectivity index is 1.86. The van der Waals surface area contributed by atoms with Gasteiger partial charge < -0.3 is 13.9 Å². The van der Waals surface area contributed by atoms with Gasteiger partial charge in [0.05, 0.1) is 18.9 Å². The third kappa shape index (κ3) is 3.24. The summed E-state index contributed by atoms with van der Waals surface area (Å²) in [5.74, 6) is 1.46. The van der Waals surface area contributed by atoms with Gasteiger partial charge in [-0.3, -0.25) is 0 Å². The summed E-state index contributed by atoms with van der Waals surface area (Å²) in [7, 11) is 1.61. The first-order valence-corrected chi connectivity index (χ1v) is 7.59. The molecule has 3 aromatic rings. The van der Waals surface area contributed by atoms with Gasteiger partial charge in [0.2, 0.25) is 0 Å². The molecule has 3 nitrogen and oxygen atoms in total. The second-order valence-electron chi connectivity index (χ2n) is 5.54. The van der Waals surface area contributed by atoms with Gasteiger partial charge >= 0.3 is 0 Å². The van der Waals surface area contributed by atoms with E-state index in [1.807, 2.05) is 24.3 Å². The Bertz CT molecular complexity index is 765. The number of rotatable bonds is 5. The summed E-state index contributed by atoms with van der Waals surface area (Å²) in [6, 6.07) is 16.3. The van der Waals surface area contributed by atoms with Crippen LogP contribution in [0.25, 0.3) is 11.1 Å². The molecule has 0 aliphatic heterocycles. The number of furan rings is 1. The molecule has 0 unspecified atom stereocenters. The Kier molecular flexibility index (Phi) is 4.38. The van der Waals surface area contributed by atoms with Gasteiger partial charge in [-0.1, -0.05) is 30.3 Å². The van der Waals surface area contributed by atoms with Crippen LogP contribution in [0.5, 0.6) is 11.7 Å². The molecule has 2 aromatic carbocycles. The zero-order valence-electron chi connectivity index (χ0n) is 13.6. The maximum absolute atomic E-state index is 6.03. The van der Waals surface area contributed by atoms with Gasteiger partial charge in [0.1, 0.15) is 12.4 Å². The molecule has 0 bridgehead atoms. The number of ether oxygens (including phenoxy) is 2. The number of hydrogen-bond acceptors (Lipinski definition) is 3. The van der Waals surface area contributed by atoms with E-state index in [9.17, 15) is 0 Å². The number of aryl methyl sites for hydroxylation is 2. The summed E-state index contributed by atoms with van der Waals surface area (Å²) in [6.45, 7) is 4.68. The Labute approximate surface area is 136 Å². The molecule has 118 valence electrons. The number of methoxy groups -OCH3 is 1. The predicted octanol–water partition coefficient (Wildman–Crippen LogP) is 5.15. The van der Waals surface area contributed by atoms with Crippen LogP contribution in [-0.2, 0) is 6.61 Å². The van der Waals surface area contributed by atoms with Crippen molar-refractivity contribution in [2.75, 3.05) is 7.11 Å². The summed E-state index contributed by atoms with van der Waals surface area (Å²) in [4.78, 5) is 0. The van der Waals surface area contributed by atoms with E-state index in [2.05, 4.69) is 38.1 Å². The highest BCUT2D eigenvalue weighted by Gasteiger charge is 2.13. The van der Waals surface area contributed by atoms with E-state index in [1.54, 1.807) is 13.4 Å². The fourth-order valence-corrected chi connectivity index (χ4v) is 2.73. The molecular formula is C20H20O3. The van der Waals surface area contributed by atoms with Crippen molar-refractivity contribution in [1.82, 2.24) is 0 Å². The third-order valence-electron chi connectivity index (χ3n) is 3.81.